The van der Waals surface area contributed by atoms with Gasteiger partial charge in [-0.1, -0.05) is 70.4 Å². The monoisotopic (exact) mass is 624 g/mol. The number of allylic oxidation sites excluding steroid dienone is 1. The second-order valence-corrected chi connectivity index (χ2v) is 14.1. The third-order valence-corrected chi connectivity index (χ3v) is 10.0. The van der Waals surface area contributed by atoms with Crippen LogP contribution in [0, 0.1) is 5.92 Å². The van der Waals surface area contributed by atoms with Crippen molar-refractivity contribution in [1.29, 1.82) is 0 Å². The standard InChI is InChI=1S/C29H44N4O5S3/c1-5-6-7-8-9-13-24(35)39-14-11-10-12-20-15-22(34)30-16-23-31-21(17-40-23)26-33-29(4,18-41-26)28(37)32-25(19(2)3)27(36)38-20/h10,12,17,19-20,25,27,36H,5-9,11,13-16,18H2,1-4H3,(H,30,34)(H,32,37)/b12-10+/t20-,25+,27?,29+/m1/s1. The molecule has 1 unspecified atom stereocenters. The molecule has 0 aromatic carbocycles. The summed E-state index contributed by atoms with van der Waals surface area (Å²) in [6.45, 7) is 8.01. The molecular weight excluding hydrogens is 581 g/mol. The molecule has 1 aromatic heterocycles. The highest BCUT2D eigenvalue weighted by atomic mass is 32.2. The average molecular weight is 625 g/mol. The Morgan fingerprint density at radius 1 is 1.29 bits per heavy atom. The normalized spacial score (nSPS) is 25.8. The van der Waals surface area contributed by atoms with Crippen molar-refractivity contribution in [3.8, 4) is 0 Å². The minimum absolute atomic E-state index is 0.00529. The molecule has 0 spiro atoms. The number of fused-ring (bicyclic) bond motifs is 4. The Labute approximate surface area is 256 Å². The largest absolute Gasteiger partial charge is 0.366 e. The molecule has 3 N–H and O–H groups in total. The summed E-state index contributed by atoms with van der Waals surface area (Å²) in [5.41, 5.74) is -0.295. The molecule has 0 saturated carbocycles. The fourth-order valence-electron chi connectivity index (χ4n) is 4.40. The minimum Gasteiger partial charge on any atom is -0.366 e. The molecule has 228 valence electrons. The van der Waals surface area contributed by atoms with E-state index in [1.165, 1.54) is 54.1 Å². The Bertz CT molecular complexity index is 1090. The Hall–Kier alpha value is -1.73. The average Bonchev–Trinajstić information content (AvgIpc) is 3.56. The van der Waals surface area contributed by atoms with Crippen LogP contribution < -0.4 is 10.6 Å². The number of rotatable bonds is 11. The number of carbonyl (C=O) groups excluding carboxylic acids is 3. The summed E-state index contributed by atoms with van der Waals surface area (Å²) in [6, 6.07) is -0.702. The smallest absolute Gasteiger partial charge is 0.248 e. The minimum atomic E-state index is -1.34. The molecule has 41 heavy (non-hydrogen) atoms. The number of nitrogens with one attached hydrogen (secondary N) is 2. The van der Waals surface area contributed by atoms with E-state index in [0.717, 1.165) is 17.8 Å². The molecular formula is C29H44N4O5S3. The van der Waals surface area contributed by atoms with E-state index in [-0.39, 0.29) is 35.8 Å². The summed E-state index contributed by atoms with van der Waals surface area (Å²) < 4.78 is 5.96. The van der Waals surface area contributed by atoms with Crippen LogP contribution in [-0.4, -0.2) is 67.5 Å². The van der Waals surface area contributed by atoms with Gasteiger partial charge in [0.05, 0.1) is 25.1 Å². The molecule has 2 amide bonds. The summed E-state index contributed by atoms with van der Waals surface area (Å²) in [7, 11) is 0. The zero-order valence-corrected chi connectivity index (χ0v) is 27.0. The van der Waals surface area contributed by atoms with Gasteiger partial charge in [0.25, 0.3) is 0 Å². The van der Waals surface area contributed by atoms with E-state index >= 15 is 0 Å². The van der Waals surface area contributed by atoms with E-state index in [1.807, 2.05) is 25.3 Å². The van der Waals surface area contributed by atoms with Crippen molar-refractivity contribution in [2.75, 3.05) is 11.5 Å². The fraction of sp³-hybridized carbons (Fsp3) is 0.690. The first-order valence-corrected chi connectivity index (χ1v) is 17.4. The molecule has 9 nitrogen and oxygen atoms in total. The van der Waals surface area contributed by atoms with E-state index in [2.05, 4.69) is 27.5 Å². The second-order valence-electron chi connectivity index (χ2n) is 11.0. The van der Waals surface area contributed by atoms with Gasteiger partial charge in [-0.05, 0) is 25.7 Å². The van der Waals surface area contributed by atoms with Crippen LogP contribution in [0.2, 0.25) is 0 Å². The second kappa shape index (κ2) is 16.8. The van der Waals surface area contributed by atoms with Crippen LogP contribution in [-0.2, 0) is 25.7 Å². The maximum Gasteiger partial charge on any atom is 0.248 e. The number of amides is 2. The number of ether oxygens (including phenoxy) is 1. The zero-order valence-electron chi connectivity index (χ0n) is 24.5. The lowest BCUT2D eigenvalue weighted by Crippen LogP contribution is -2.54. The molecule has 12 heteroatoms. The van der Waals surface area contributed by atoms with Crippen molar-refractivity contribution in [3.63, 3.8) is 0 Å². The fourth-order valence-corrected chi connectivity index (χ4v) is 7.09. The molecule has 0 aliphatic carbocycles. The maximum atomic E-state index is 13.3. The van der Waals surface area contributed by atoms with Crippen molar-refractivity contribution in [1.82, 2.24) is 15.6 Å². The van der Waals surface area contributed by atoms with Gasteiger partial charge < -0.3 is 20.5 Å². The Morgan fingerprint density at radius 3 is 2.83 bits per heavy atom. The summed E-state index contributed by atoms with van der Waals surface area (Å²) >= 11 is 4.23. The van der Waals surface area contributed by atoms with E-state index in [1.54, 1.807) is 13.0 Å². The van der Waals surface area contributed by atoms with E-state index in [4.69, 9.17) is 4.74 Å². The number of thiazole rings is 1. The van der Waals surface area contributed by atoms with Crippen molar-refractivity contribution >= 4 is 56.8 Å². The number of nitrogens with zero attached hydrogens (tertiary/aromatic N) is 2. The molecule has 0 fully saturated rings. The summed E-state index contributed by atoms with van der Waals surface area (Å²) in [5.74, 6) is 0.430. The molecule has 2 aliphatic heterocycles. The number of aliphatic hydroxyl groups excluding tert-OH is 1. The Balaban J connectivity index is 1.65. The number of carbonyl (C=O) groups is 3. The topological polar surface area (TPSA) is 130 Å². The third-order valence-electron chi connectivity index (χ3n) is 6.94. The van der Waals surface area contributed by atoms with Crippen LogP contribution >= 0.6 is 34.9 Å². The first-order valence-electron chi connectivity index (χ1n) is 14.5. The van der Waals surface area contributed by atoms with Gasteiger partial charge in [-0.3, -0.25) is 19.4 Å². The number of aliphatic imine (C=N–C) groups is 1. The van der Waals surface area contributed by atoms with Crippen LogP contribution in [0.5, 0.6) is 0 Å². The molecule has 3 heterocycles. The first kappa shape index (κ1) is 33.8. The van der Waals surface area contributed by atoms with Crippen LogP contribution in [0.25, 0.3) is 0 Å². The maximum absolute atomic E-state index is 13.3. The third kappa shape index (κ3) is 10.8. The van der Waals surface area contributed by atoms with Crippen LogP contribution in [0.15, 0.2) is 22.5 Å². The lowest BCUT2D eigenvalue weighted by molar-refractivity contribution is -0.159. The van der Waals surface area contributed by atoms with Crippen molar-refractivity contribution in [2.45, 2.75) is 110 Å². The van der Waals surface area contributed by atoms with Crippen molar-refractivity contribution in [3.05, 3.63) is 28.2 Å². The number of hydrogen-bond donors (Lipinski definition) is 3. The van der Waals surface area contributed by atoms with Gasteiger partial charge in [-0.15, -0.1) is 23.1 Å². The number of thioether (sulfide) groups is 2. The molecule has 4 atom stereocenters. The number of aromatic nitrogens is 1. The Kier molecular flexibility index (Phi) is 13.8. The highest BCUT2D eigenvalue weighted by Crippen LogP contribution is 2.32. The number of aliphatic hydroxyl groups is 1. The zero-order chi connectivity index (χ0) is 29.8. The van der Waals surface area contributed by atoms with Crippen molar-refractivity contribution < 1.29 is 24.2 Å². The van der Waals surface area contributed by atoms with Crippen LogP contribution in [0.3, 0.4) is 0 Å². The molecule has 4 bridgehead atoms. The summed E-state index contributed by atoms with van der Waals surface area (Å²) in [4.78, 5) is 47.6. The van der Waals surface area contributed by atoms with Gasteiger partial charge >= 0.3 is 0 Å². The van der Waals surface area contributed by atoms with E-state index in [0.29, 0.717) is 35.1 Å². The van der Waals surface area contributed by atoms with Gasteiger partial charge in [-0.2, -0.15) is 0 Å². The van der Waals surface area contributed by atoms with E-state index < -0.39 is 24.0 Å². The first-order chi connectivity index (χ1) is 19.6. The van der Waals surface area contributed by atoms with Crippen molar-refractivity contribution in [2.24, 2.45) is 10.9 Å². The van der Waals surface area contributed by atoms with Gasteiger partial charge in [0.2, 0.25) is 11.8 Å². The number of unbranched alkanes of at least 4 members (excludes halogenated alkanes) is 4. The SMILES string of the molecule is CCCCCCCC(=O)SCC/C=C/[C@@H]1CC(=O)NCc2nc(cs2)C2=N[C@@](C)(CS2)C(=O)N[C@@H](C(C)C)C(O)O1. The molecule has 1 aromatic rings. The number of hydrogen-bond acceptors (Lipinski definition) is 10. The van der Waals surface area contributed by atoms with Gasteiger partial charge in [0.1, 0.15) is 21.3 Å². The quantitative estimate of drug-likeness (QED) is 0.236. The lowest BCUT2D eigenvalue weighted by atomic mass is 9.99. The lowest BCUT2D eigenvalue weighted by Gasteiger charge is -2.32. The highest BCUT2D eigenvalue weighted by Gasteiger charge is 2.41. The van der Waals surface area contributed by atoms with Crippen LogP contribution in [0.4, 0.5) is 0 Å². The summed E-state index contributed by atoms with van der Waals surface area (Å²) in [5, 5.41) is 20.4. The predicted octanol–water partition coefficient (Wildman–Crippen LogP) is 4.83. The molecule has 2 aliphatic rings. The van der Waals surface area contributed by atoms with Gasteiger partial charge in [0, 0.05) is 23.3 Å². The Morgan fingerprint density at radius 2 is 2.07 bits per heavy atom. The van der Waals surface area contributed by atoms with Gasteiger partial charge in [0.15, 0.2) is 11.4 Å². The van der Waals surface area contributed by atoms with Gasteiger partial charge in [-0.25, -0.2) is 4.98 Å². The molecule has 0 saturated heterocycles. The highest BCUT2D eigenvalue weighted by molar-refractivity contribution is 8.14. The molecule has 0 radical (unpaired) electrons. The summed E-state index contributed by atoms with van der Waals surface area (Å²) in [6.07, 6.45) is 8.42. The van der Waals surface area contributed by atoms with E-state index in [9.17, 15) is 19.5 Å². The predicted molar refractivity (Wildman–Crippen MR) is 168 cm³/mol. The molecule has 3 rings (SSSR count). The van der Waals surface area contributed by atoms with Crippen LogP contribution in [0.1, 0.15) is 89.8 Å².